The number of carboxylic acid groups (broad SMARTS) is 1. The van der Waals surface area contributed by atoms with E-state index in [1.165, 1.54) is 6.08 Å². The van der Waals surface area contributed by atoms with Gasteiger partial charge in [-0.1, -0.05) is 12.1 Å². The molecule has 0 unspecified atom stereocenters. The lowest BCUT2D eigenvalue weighted by molar-refractivity contribution is -0.131. The molecule has 1 N–H and O–H groups in total. The van der Waals surface area contributed by atoms with Gasteiger partial charge in [0.15, 0.2) is 11.5 Å². The molecule has 0 spiro atoms. The Morgan fingerprint density at radius 2 is 2.15 bits per heavy atom. The second kappa shape index (κ2) is 8.22. The summed E-state index contributed by atoms with van der Waals surface area (Å²) in [6.45, 7) is 1.47. The molecule has 0 aliphatic rings. The molecule has 1 rings (SSSR count). The van der Waals surface area contributed by atoms with E-state index in [1.807, 2.05) is 14.1 Å². The van der Waals surface area contributed by atoms with Crippen LogP contribution in [0.15, 0.2) is 24.3 Å². The number of aliphatic carboxylic acids is 1. The Labute approximate surface area is 119 Å². The Bertz CT molecular complexity index is 469. The third-order valence-corrected chi connectivity index (χ3v) is 2.63. The maximum Gasteiger partial charge on any atom is 0.328 e. The third kappa shape index (κ3) is 5.32. The lowest BCUT2D eigenvalue weighted by atomic mass is 10.1. The Morgan fingerprint density at radius 1 is 1.40 bits per heavy atom. The number of hydrogen-bond donors (Lipinski definition) is 1. The second-order valence-corrected chi connectivity index (χ2v) is 4.56. The van der Waals surface area contributed by atoms with E-state index in [0.29, 0.717) is 23.7 Å². The SMILES string of the molecule is COc1cccc(C=CC(=O)O)c1OCCCN(C)C. The zero-order chi connectivity index (χ0) is 15.0. The van der Waals surface area contributed by atoms with Gasteiger partial charge in [-0.3, -0.25) is 0 Å². The first-order valence-electron chi connectivity index (χ1n) is 6.40. The number of nitrogens with zero attached hydrogens (tertiary/aromatic N) is 1. The minimum Gasteiger partial charge on any atom is -0.493 e. The zero-order valence-electron chi connectivity index (χ0n) is 12.1. The van der Waals surface area contributed by atoms with Gasteiger partial charge in [-0.25, -0.2) is 4.79 Å². The summed E-state index contributed by atoms with van der Waals surface area (Å²) >= 11 is 0. The summed E-state index contributed by atoms with van der Waals surface area (Å²) in [5.41, 5.74) is 0.691. The van der Waals surface area contributed by atoms with Crippen molar-refractivity contribution in [1.29, 1.82) is 0 Å². The van der Waals surface area contributed by atoms with Crippen LogP contribution >= 0.6 is 0 Å². The van der Waals surface area contributed by atoms with Gasteiger partial charge in [-0.05, 0) is 32.7 Å². The summed E-state index contributed by atoms with van der Waals surface area (Å²) in [6, 6.07) is 5.38. The van der Waals surface area contributed by atoms with Crippen molar-refractivity contribution in [2.24, 2.45) is 0 Å². The first-order valence-corrected chi connectivity index (χ1v) is 6.40. The molecule has 0 heterocycles. The Balaban J connectivity index is 2.81. The molecule has 0 bridgehead atoms. The van der Waals surface area contributed by atoms with Crippen molar-refractivity contribution in [3.8, 4) is 11.5 Å². The first-order chi connectivity index (χ1) is 9.54. The van der Waals surface area contributed by atoms with Crippen molar-refractivity contribution in [2.45, 2.75) is 6.42 Å². The zero-order valence-corrected chi connectivity index (χ0v) is 12.1. The van der Waals surface area contributed by atoms with Crippen molar-refractivity contribution >= 4 is 12.0 Å². The minimum atomic E-state index is -0.994. The van der Waals surface area contributed by atoms with E-state index in [1.54, 1.807) is 25.3 Å². The summed E-state index contributed by atoms with van der Waals surface area (Å²) in [4.78, 5) is 12.7. The quantitative estimate of drug-likeness (QED) is 0.583. The van der Waals surface area contributed by atoms with E-state index in [-0.39, 0.29) is 0 Å². The van der Waals surface area contributed by atoms with Crippen LogP contribution < -0.4 is 9.47 Å². The number of para-hydroxylation sites is 1. The van der Waals surface area contributed by atoms with Crippen molar-refractivity contribution in [2.75, 3.05) is 34.4 Å². The van der Waals surface area contributed by atoms with Crippen LogP contribution in [0.25, 0.3) is 6.08 Å². The van der Waals surface area contributed by atoms with Gasteiger partial charge < -0.3 is 19.5 Å². The monoisotopic (exact) mass is 279 g/mol. The predicted molar refractivity (Wildman–Crippen MR) is 78.3 cm³/mol. The van der Waals surface area contributed by atoms with Crippen molar-refractivity contribution in [3.63, 3.8) is 0 Å². The maximum atomic E-state index is 10.6. The molecule has 1 aromatic carbocycles. The molecule has 1 aromatic rings. The van der Waals surface area contributed by atoms with Gasteiger partial charge in [0.05, 0.1) is 13.7 Å². The molecule has 0 aliphatic carbocycles. The fourth-order valence-electron chi connectivity index (χ4n) is 1.70. The fourth-order valence-corrected chi connectivity index (χ4v) is 1.70. The molecule has 5 nitrogen and oxygen atoms in total. The average molecular weight is 279 g/mol. The highest BCUT2D eigenvalue weighted by Crippen LogP contribution is 2.32. The minimum absolute atomic E-state index is 0.548. The topological polar surface area (TPSA) is 59.0 Å². The van der Waals surface area contributed by atoms with Gasteiger partial charge in [0, 0.05) is 18.2 Å². The number of hydrogen-bond acceptors (Lipinski definition) is 4. The fraction of sp³-hybridized carbons (Fsp3) is 0.400. The molecule has 0 saturated carbocycles. The van der Waals surface area contributed by atoms with Gasteiger partial charge in [0.2, 0.25) is 0 Å². The molecule has 0 saturated heterocycles. The van der Waals surface area contributed by atoms with Gasteiger partial charge in [0.1, 0.15) is 0 Å². The summed E-state index contributed by atoms with van der Waals surface area (Å²) in [7, 11) is 5.57. The standard InChI is InChI=1S/C15H21NO4/c1-16(2)10-5-11-20-15-12(8-9-14(17)18)6-4-7-13(15)19-3/h4,6-9H,5,10-11H2,1-3H3,(H,17,18). The Kier molecular flexibility index (Phi) is 6.59. The highest BCUT2D eigenvalue weighted by molar-refractivity contribution is 5.86. The van der Waals surface area contributed by atoms with E-state index in [0.717, 1.165) is 19.0 Å². The van der Waals surface area contributed by atoms with Gasteiger partial charge >= 0.3 is 5.97 Å². The summed E-state index contributed by atoms with van der Waals surface area (Å²) in [5.74, 6) is 0.181. The van der Waals surface area contributed by atoms with Crippen molar-refractivity contribution < 1.29 is 19.4 Å². The maximum absolute atomic E-state index is 10.6. The highest BCUT2D eigenvalue weighted by Gasteiger charge is 2.09. The van der Waals surface area contributed by atoms with Crippen molar-refractivity contribution in [1.82, 2.24) is 4.90 Å². The summed E-state index contributed by atoms with van der Waals surface area (Å²) in [6.07, 6.45) is 3.47. The Hall–Kier alpha value is -2.01. The van der Waals surface area contributed by atoms with Gasteiger partial charge in [0.25, 0.3) is 0 Å². The smallest absolute Gasteiger partial charge is 0.328 e. The van der Waals surface area contributed by atoms with Crippen LogP contribution in [0.4, 0.5) is 0 Å². The molecule has 0 radical (unpaired) electrons. The largest absolute Gasteiger partial charge is 0.493 e. The molecule has 0 fully saturated rings. The van der Waals surface area contributed by atoms with Crippen LogP contribution in [0.1, 0.15) is 12.0 Å². The highest BCUT2D eigenvalue weighted by atomic mass is 16.5. The number of methoxy groups -OCH3 is 1. The third-order valence-electron chi connectivity index (χ3n) is 2.63. The van der Waals surface area contributed by atoms with E-state index >= 15 is 0 Å². The van der Waals surface area contributed by atoms with Gasteiger partial charge in [-0.2, -0.15) is 0 Å². The number of ether oxygens (including phenoxy) is 2. The predicted octanol–water partition coefficient (Wildman–Crippen LogP) is 2.12. The molecule has 5 heteroatoms. The van der Waals surface area contributed by atoms with E-state index in [4.69, 9.17) is 14.6 Å². The average Bonchev–Trinajstić information content (AvgIpc) is 2.41. The molecule has 0 amide bonds. The molecular formula is C15H21NO4. The molecule has 0 atom stereocenters. The van der Waals surface area contributed by atoms with E-state index < -0.39 is 5.97 Å². The van der Waals surface area contributed by atoms with Gasteiger partial charge in [-0.15, -0.1) is 0 Å². The van der Waals surface area contributed by atoms with Crippen LogP contribution in [-0.4, -0.2) is 50.3 Å². The van der Waals surface area contributed by atoms with Crippen molar-refractivity contribution in [3.05, 3.63) is 29.8 Å². The number of carboxylic acids is 1. The van der Waals surface area contributed by atoms with Crippen LogP contribution in [0.5, 0.6) is 11.5 Å². The Morgan fingerprint density at radius 3 is 2.75 bits per heavy atom. The van der Waals surface area contributed by atoms with Crippen LogP contribution in [0, 0.1) is 0 Å². The van der Waals surface area contributed by atoms with Crippen LogP contribution in [0.3, 0.4) is 0 Å². The molecular weight excluding hydrogens is 258 g/mol. The summed E-state index contributed by atoms with van der Waals surface area (Å²) < 4.78 is 11.0. The van der Waals surface area contributed by atoms with E-state index in [2.05, 4.69) is 4.90 Å². The molecule has 0 aromatic heterocycles. The molecule has 0 aliphatic heterocycles. The van der Waals surface area contributed by atoms with E-state index in [9.17, 15) is 4.79 Å². The number of carbonyl (C=O) groups is 1. The van der Waals surface area contributed by atoms with Crippen LogP contribution in [0.2, 0.25) is 0 Å². The van der Waals surface area contributed by atoms with Crippen LogP contribution in [-0.2, 0) is 4.79 Å². The number of benzene rings is 1. The lowest BCUT2D eigenvalue weighted by Crippen LogP contribution is -2.15. The lowest BCUT2D eigenvalue weighted by Gasteiger charge is -2.14. The number of rotatable bonds is 8. The molecule has 110 valence electrons. The summed E-state index contributed by atoms with van der Waals surface area (Å²) in [5, 5.41) is 8.70. The first kappa shape index (κ1) is 16.0. The molecule has 20 heavy (non-hydrogen) atoms. The normalized spacial score (nSPS) is 11.0. The second-order valence-electron chi connectivity index (χ2n) is 4.56.